The number of hydrogen-bond acceptors (Lipinski definition) is 2. The highest BCUT2D eigenvalue weighted by atomic mass is 14.9. The van der Waals surface area contributed by atoms with Gasteiger partial charge in [0.2, 0.25) is 0 Å². The van der Waals surface area contributed by atoms with Crippen molar-refractivity contribution < 1.29 is 0 Å². The highest BCUT2D eigenvalue weighted by Crippen LogP contribution is 2.27. The maximum Gasteiger partial charge on any atom is 0.0628 e. The molecule has 0 amide bonds. The average Bonchev–Trinajstić information content (AvgIpc) is 2.70. The highest BCUT2D eigenvalue weighted by molar-refractivity contribution is 5.94. The number of hydrogen-bond donors (Lipinski definition) is 3. The van der Waals surface area contributed by atoms with Gasteiger partial charge in [0.25, 0.3) is 0 Å². The van der Waals surface area contributed by atoms with Gasteiger partial charge in [0.1, 0.15) is 0 Å². The number of aromatic nitrogens is 1. The number of nitrogens with one attached hydrogen (secondary N) is 3. The van der Waals surface area contributed by atoms with E-state index in [2.05, 4.69) is 53.7 Å². The van der Waals surface area contributed by atoms with Crippen molar-refractivity contribution in [3.8, 4) is 0 Å². The van der Waals surface area contributed by atoms with Crippen molar-refractivity contribution in [2.75, 3.05) is 25.5 Å². The maximum atomic E-state index is 3.60. The second-order valence-corrected chi connectivity index (χ2v) is 4.88. The predicted octanol–water partition coefficient (Wildman–Crippen LogP) is 3.13. The second kappa shape index (κ2) is 5.91. The Morgan fingerprint density at radius 1 is 1.22 bits per heavy atom. The minimum absolute atomic E-state index is 0.670. The van der Waals surface area contributed by atoms with Crippen LogP contribution in [0.3, 0.4) is 0 Å². The predicted molar refractivity (Wildman–Crippen MR) is 79.2 cm³/mol. The van der Waals surface area contributed by atoms with Crippen LogP contribution in [0.4, 0.5) is 5.69 Å². The fraction of sp³-hybridized carbons (Fsp3) is 0.467. The number of rotatable bonds is 6. The first-order chi connectivity index (χ1) is 8.76. The van der Waals surface area contributed by atoms with E-state index in [0.29, 0.717) is 5.92 Å². The zero-order chi connectivity index (χ0) is 13.0. The van der Waals surface area contributed by atoms with E-state index in [1.807, 2.05) is 7.05 Å². The smallest absolute Gasteiger partial charge is 0.0628 e. The van der Waals surface area contributed by atoms with E-state index < -0.39 is 0 Å². The summed E-state index contributed by atoms with van der Waals surface area (Å²) in [5, 5.41) is 8.14. The van der Waals surface area contributed by atoms with Gasteiger partial charge in [-0.05, 0) is 32.5 Å². The lowest BCUT2D eigenvalue weighted by atomic mass is 10.1. The molecule has 0 bridgehead atoms. The molecule has 0 saturated heterocycles. The van der Waals surface area contributed by atoms with Crippen molar-refractivity contribution in [2.24, 2.45) is 5.92 Å². The molecule has 0 aliphatic heterocycles. The number of H-pyrrole nitrogens is 1. The van der Waals surface area contributed by atoms with Crippen molar-refractivity contribution in [2.45, 2.75) is 20.3 Å². The molecule has 1 heterocycles. The van der Waals surface area contributed by atoms with Crippen molar-refractivity contribution in [1.82, 2.24) is 10.3 Å². The number of aryl methyl sites for hydroxylation is 1. The molecule has 3 nitrogen and oxygen atoms in total. The van der Waals surface area contributed by atoms with E-state index in [9.17, 15) is 0 Å². The number of benzene rings is 1. The number of fused-ring (bicyclic) bond motifs is 1. The summed E-state index contributed by atoms with van der Waals surface area (Å²) in [4.78, 5) is 3.42. The molecule has 18 heavy (non-hydrogen) atoms. The van der Waals surface area contributed by atoms with E-state index in [1.54, 1.807) is 0 Å². The summed E-state index contributed by atoms with van der Waals surface area (Å²) in [5.74, 6) is 0.670. The summed E-state index contributed by atoms with van der Waals surface area (Å²) in [7, 11) is 2.01. The van der Waals surface area contributed by atoms with Gasteiger partial charge in [0.05, 0.1) is 5.69 Å². The van der Waals surface area contributed by atoms with Crippen LogP contribution >= 0.6 is 0 Å². The zero-order valence-electron chi connectivity index (χ0n) is 11.5. The molecule has 1 aromatic heterocycles. The second-order valence-electron chi connectivity index (χ2n) is 4.88. The summed E-state index contributed by atoms with van der Waals surface area (Å²) in [6, 6.07) is 8.45. The van der Waals surface area contributed by atoms with Gasteiger partial charge in [-0.25, -0.2) is 0 Å². The van der Waals surface area contributed by atoms with Crippen LogP contribution in [-0.4, -0.2) is 25.1 Å². The van der Waals surface area contributed by atoms with Crippen LogP contribution < -0.4 is 10.6 Å². The first-order valence-electron chi connectivity index (χ1n) is 6.72. The summed E-state index contributed by atoms with van der Waals surface area (Å²) >= 11 is 0. The average molecular weight is 245 g/mol. The van der Waals surface area contributed by atoms with Gasteiger partial charge in [-0.1, -0.05) is 31.5 Å². The third-order valence-corrected chi connectivity index (χ3v) is 3.53. The third-order valence-electron chi connectivity index (χ3n) is 3.53. The molecule has 3 heteroatoms. The fourth-order valence-corrected chi connectivity index (χ4v) is 2.40. The Morgan fingerprint density at radius 3 is 2.72 bits per heavy atom. The number of aromatic amines is 1. The van der Waals surface area contributed by atoms with E-state index in [-0.39, 0.29) is 0 Å². The van der Waals surface area contributed by atoms with Crippen LogP contribution in [-0.2, 0) is 0 Å². The number of para-hydroxylation sites is 1. The minimum atomic E-state index is 0.670. The van der Waals surface area contributed by atoms with E-state index >= 15 is 0 Å². The Morgan fingerprint density at radius 2 is 2.00 bits per heavy atom. The Kier molecular flexibility index (Phi) is 4.26. The summed E-state index contributed by atoms with van der Waals surface area (Å²) in [6.07, 6.45) is 1.19. The van der Waals surface area contributed by atoms with Crippen molar-refractivity contribution in [3.63, 3.8) is 0 Å². The molecular weight excluding hydrogens is 222 g/mol. The van der Waals surface area contributed by atoms with Gasteiger partial charge in [-0.2, -0.15) is 0 Å². The quantitative estimate of drug-likeness (QED) is 0.731. The van der Waals surface area contributed by atoms with Crippen molar-refractivity contribution in [1.29, 1.82) is 0 Å². The molecule has 0 spiro atoms. The van der Waals surface area contributed by atoms with Gasteiger partial charge in [-0.15, -0.1) is 0 Å². The van der Waals surface area contributed by atoms with Crippen LogP contribution in [0, 0.1) is 12.8 Å². The standard InChI is InChI=1S/C15H23N3/c1-4-12(9-16-3)10-17-15-11(2)18-14-8-6-5-7-13(14)15/h5-8,12,16-18H,4,9-10H2,1-3H3. The lowest BCUT2D eigenvalue weighted by molar-refractivity contribution is 0.507. The number of anilines is 1. The van der Waals surface area contributed by atoms with Crippen molar-refractivity contribution >= 4 is 16.6 Å². The molecule has 0 radical (unpaired) electrons. The van der Waals surface area contributed by atoms with Crippen LogP contribution in [0.1, 0.15) is 19.0 Å². The summed E-state index contributed by atoms with van der Waals surface area (Å²) < 4.78 is 0. The minimum Gasteiger partial charge on any atom is -0.383 e. The van der Waals surface area contributed by atoms with Gasteiger partial charge in [-0.3, -0.25) is 0 Å². The fourth-order valence-electron chi connectivity index (χ4n) is 2.40. The Bertz CT molecular complexity index is 501. The van der Waals surface area contributed by atoms with Crippen LogP contribution in [0.25, 0.3) is 10.9 Å². The van der Waals surface area contributed by atoms with Crippen LogP contribution in [0.5, 0.6) is 0 Å². The van der Waals surface area contributed by atoms with Gasteiger partial charge in [0, 0.05) is 23.1 Å². The molecule has 0 saturated carbocycles. The topological polar surface area (TPSA) is 39.8 Å². The summed E-state index contributed by atoms with van der Waals surface area (Å²) in [6.45, 7) is 6.44. The third kappa shape index (κ3) is 2.67. The lowest BCUT2D eigenvalue weighted by Crippen LogP contribution is -2.24. The highest BCUT2D eigenvalue weighted by Gasteiger charge is 2.10. The molecule has 0 aliphatic carbocycles. The molecule has 98 valence electrons. The molecule has 0 fully saturated rings. The van der Waals surface area contributed by atoms with Crippen LogP contribution in [0.2, 0.25) is 0 Å². The Balaban J connectivity index is 2.13. The largest absolute Gasteiger partial charge is 0.383 e. The molecular formula is C15H23N3. The first-order valence-corrected chi connectivity index (χ1v) is 6.72. The first kappa shape index (κ1) is 13.0. The molecule has 0 aliphatic rings. The van der Waals surface area contributed by atoms with Crippen molar-refractivity contribution in [3.05, 3.63) is 30.0 Å². The van der Waals surface area contributed by atoms with Gasteiger partial charge >= 0.3 is 0 Å². The molecule has 1 aromatic carbocycles. The molecule has 2 aromatic rings. The molecule has 1 unspecified atom stereocenters. The monoisotopic (exact) mass is 245 g/mol. The normalized spacial score (nSPS) is 12.8. The van der Waals surface area contributed by atoms with E-state index in [4.69, 9.17) is 0 Å². The Labute approximate surface area is 109 Å². The lowest BCUT2D eigenvalue weighted by Gasteiger charge is -2.16. The van der Waals surface area contributed by atoms with E-state index in [0.717, 1.165) is 13.1 Å². The summed E-state index contributed by atoms with van der Waals surface area (Å²) in [5.41, 5.74) is 3.68. The van der Waals surface area contributed by atoms with Gasteiger partial charge < -0.3 is 15.6 Å². The van der Waals surface area contributed by atoms with E-state index in [1.165, 1.54) is 28.7 Å². The Hall–Kier alpha value is -1.48. The van der Waals surface area contributed by atoms with Gasteiger partial charge in [0.15, 0.2) is 0 Å². The molecule has 2 rings (SSSR count). The molecule has 3 N–H and O–H groups in total. The van der Waals surface area contributed by atoms with Crippen LogP contribution in [0.15, 0.2) is 24.3 Å². The zero-order valence-corrected chi connectivity index (χ0v) is 11.5. The molecule has 1 atom stereocenters. The SMILES string of the molecule is CCC(CNC)CNc1c(C)[nH]c2ccccc12. The maximum absolute atomic E-state index is 3.60.